The third-order valence-corrected chi connectivity index (χ3v) is 8.99. The zero-order chi connectivity index (χ0) is 24.4. The Hall–Kier alpha value is -2.34. The molecule has 35 heavy (non-hydrogen) atoms. The molecule has 1 aromatic carbocycles. The highest BCUT2D eigenvalue weighted by atomic mass is 16.5. The molecule has 5 rings (SSSR count). The van der Waals surface area contributed by atoms with Gasteiger partial charge < -0.3 is 19.3 Å². The van der Waals surface area contributed by atoms with Gasteiger partial charge in [0.15, 0.2) is 0 Å². The summed E-state index contributed by atoms with van der Waals surface area (Å²) in [4.78, 5) is 30.9. The molecule has 1 saturated carbocycles. The Morgan fingerprint density at radius 3 is 2.54 bits per heavy atom. The summed E-state index contributed by atoms with van der Waals surface area (Å²) in [6.45, 7) is 2.94. The molecule has 2 amide bonds. The van der Waals surface area contributed by atoms with E-state index < -0.39 is 0 Å². The summed E-state index contributed by atoms with van der Waals surface area (Å²) in [5, 5.41) is 0. The molecule has 2 heterocycles. The van der Waals surface area contributed by atoms with E-state index in [0.717, 1.165) is 63.8 Å². The minimum Gasteiger partial charge on any atom is -0.497 e. The van der Waals surface area contributed by atoms with Gasteiger partial charge >= 0.3 is 0 Å². The van der Waals surface area contributed by atoms with E-state index in [1.807, 2.05) is 24.1 Å². The zero-order valence-electron chi connectivity index (χ0n) is 21.2. The van der Waals surface area contributed by atoms with Crippen molar-refractivity contribution in [2.45, 2.75) is 51.0 Å². The molecule has 0 radical (unpaired) electrons. The van der Waals surface area contributed by atoms with E-state index in [2.05, 4.69) is 29.2 Å². The van der Waals surface area contributed by atoms with Crippen LogP contribution in [0.2, 0.25) is 0 Å². The van der Waals surface area contributed by atoms with Gasteiger partial charge in [-0.2, -0.15) is 0 Å². The van der Waals surface area contributed by atoms with E-state index >= 15 is 0 Å². The third-order valence-electron chi connectivity index (χ3n) is 8.99. The Labute approximate surface area is 209 Å². The third kappa shape index (κ3) is 5.28. The number of piperidine rings is 1. The van der Waals surface area contributed by atoms with Crippen LogP contribution in [0.5, 0.6) is 5.75 Å². The van der Waals surface area contributed by atoms with Gasteiger partial charge in [-0.3, -0.25) is 9.59 Å². The van der Waals surface area contributed by atoms with Gasteiger partial charge in [0.1, 0.15) is 5.75 Å². The first-order valence-corrected chi connectivity index (χ1v) is 13.5. The van der Waals surface area contributed by atoms with E-state index in [4.69, 9.17) is 9.47 Å². The fraction of sp³-hybridized carbons (Fsp3) is 0.655. The summed E-state index contributed by atoms with van der Waals surface area (Å²) in [5.41, 5.74) is 1.19. The van der Waals surface area contributed by atoms with E-state index in [1.54, 1.807) is 7.11 Å². The number of amides is 2. The number of hydrogen-bond donors (Lipinski definition) is 0. The predicted molar refractivity (Wildman–Crippen MR) is 135 cm³/mol. The molecule has 0 spiro atoms. The van der Waals surface area contributed by atoms with Gasteiger partial charge in [0.25, 0.3) is 0 Å². The van der Waals surface area contributed by atoms with E-state index in [0.29, 0.717) is 36.9 Å². The molecule has 6 heteroatoms. The average Bonchev–Trinajstić information content (AvgIpc) is 3.55. The van der Waals surface area contributed by atoms with Crippen molar-refractivity contribution < 1.29 is 19.1 Å². The molecule has 2 aliphatic carbocycles. The van der Waals surface area contributed by atoms with Crippen LogP contribution in [-0.4, -0.2) is 68.1 Å². The summed E-state index contributed by atoms with van der Waals surface area (Å²) in [7, 11) is 3.68. The second kappa shape index (κ2) is 10.7. The van der Waals surface area contributed by atoms with Crippen LogP contribution in [0.15, 0.2) is 36.4 Å². The van der Waals surface area contributed by atoms with Gasteiger partial charge in [0.05, 0.1) is 7.11 Å². The van der Waals surface area contributed by atoms with Gasteiger partial charge in [-0.05, 0) is 80.4 Å². The molecule has 4 atom stereocenters. The SMILES string of the molecule is COc1cccc(CC(C2CCN(C(=O)[C@H]3C[C@@H]4C=C[C@H]3C4)CC2)N(C)C(=O)C2CCOCC2)c1. The summed E-state index contributed by atoms with van der Waals surface area (Å²) < 4.78 is 10.9. The van der Waals surface area contributed by atoms with Crippen LogP contribution in [0.3, 0.4) is 0 Å². The van der Waals surface area contributed by atoms with Crippen LogP contribution in [-0.2, 0) is 20.7 Å². The molecule has 2 aliphatic heterocycles. The Morgan fingerprint density at radius 2 is 1.89 bits per heavy atom. The first kappa shape index (κ1) is 24.4. The van der Waals surface area contributed by atoms with E-state index in [1.165, 1.54) is 5.56 Å². The van der Waals surface area contributed by atoms with Crippen molar-refractivity contribution in [3.8, 4) is 5.75 Å². The molecule has 190 valence electrons. The molecular formula is C29H40N2O4. The van der Waals surface area contributed by atoms with Gasteiger partial charge in [-0.15, -0.1) is 0 Å². The highest BCUT2D eigenvalue weighted by Gasteiger charge is 2.43. The van der Waals surface area contributed by atoms with Gasteiger partial charge in [0, 0.05) is 51.2 Å². The number of fused-ring (bicyclic) bond motifs is 2. The molecule has 1 aromatic rings. The summed E-state index contributed by atoms with van der Waals surface area (Å²) in [5.74, 6) is 3.13. The number of carbonyl (C=O) groups excluding carboxylic acids is 2. The monoisotopic (exact) mass is 480 g/mol. The van der Waals surface area contributed by atoms with Crippen LogP contribution < -0.4 is 4.74 Å². The normalized spacial score (nSPS) is 27.7. The van der Waals surface area contributed by atoms with Crippen molar-refractivity contribution in [2.24, 2.45) is 29.6 Å². The molecule has 3 fully saturated rings. The van der Waals surface area contributed by atoms with Crippen LogP contribution in [0, 0.1) is 29.6 Å². The maximum absolute atomic E-state index is 13.5. The molecule has 1 unspecified atom stereocenters. The Morgan fingerprint density at radius 1 is 1.11 bits per heavy atom. The largest absolute Gasteiger partial charge is 0.497 e. The Bertz CT molecular complexity index is 932. The van der Waals surface area contributed by atoms with Gasteiger partial charge in [-0.25, -0.2) is 0 Å². The highest BCUT2D eigenvalue weighted by molar-refractivity contribution is 5.80. The number of carbonyl (C=O) groups is 2. The summed E-state index contributed by atoms with van der Waals surface area (Å²) >= 11 is 0. The molecular weight excluding hydrogens is 440 g/mol. The summed E-state index contributed by atoms with van der Waals surface area (Å²) in [6.07, 6.45) is 11.1. The van der Waals surface area contributed by atoms with Crippen molar-refractivity contribution in [1.82, 2.24) is 9.80 Å². The van der Waals surface area contributed by atoms with Crippen LogP contribution >= 0.6 is 0 Å². The smallest absolute Gasteiger partial charge is 0.226 e. The standard InChI is InChI=1S/C29H40N2O4/c1-30(28(32)23-10-14-35-15-11-23)27(19-20-4-3-5-25(17-20)34-2)22-8-12-31(13-9-22)29(33)26-18-21-6-7-24(26)16-21/h3-7,17,21-24,26-27H,8-16,18-19H2,1-2H3/t21-,24+,26+,27?/m1/s1. The highest BCUT2D eigenvalue weighted by Crippen LogP contribution is 2.44. The lowest BCUT2D eigenvalue weighted by molar-refractivity contribution is -0.143. The number of nitrogens with zero attached hydrogens (tertiary/aromatic N) is 2. The summed E-state index contributed by atoms with van der Waals surface area (Å²) in [6, 6.07) is 8.31. The lowest BCUT2D eigenvalue weighted by atomic mass is 9.83. The van der Waals surface area contributed by atoms with Gasteiger partial charge in [0.2, 0.25) is 11.8 Å². The van der Waals surface area contributed by atoms with Crippen LogP contribution in [0.1, 0.15) is 44.1 Å². The number of methoxy groups -OCH3 is 1. The lowest BCUT2D eigenvalue weighted by Crippen LogP contribution is -2.51. The molecule has 0 aromatic heterocycles. The second-order valence-electron chi connectivity index (χ2n) is 11.0. The number of ether oxygens (including phenoxy) is 2. The molecule has 2 saturated heterocycles. The topological polar surface area (TPSA) is 59.1 Å². The fourth-order valence-corrected chi connectivity index (χ4v) is 6.86. The average molecular weight is 481 g/mol. The predicted octanol–water partition coefficient (Wildman–Crippen LogP) is 3.94. The lowest BCUT2D eigenvalue weighted by Gasteiger charge is -2.42. The maximum Gasteiger partial charge on any atom is 0.226 e. The first-order valence-electron chi connectivity index (χ1n) is 13.5. The van der Waals surface area contributed by atoms with Crippen molar-refractivity contribution in [3.63, 3.8) is 0 Å². The van der Waals surface area contributed by atoms with Crippen molar-refractivity contribution >= 4 is 11.8 Å². The van der Waals surface area contributed by atoms with Crippen LogP contribution in [0.25, 0.3) is 0 Å². The zero-order valence-corrected chi connectivity index (χ0v) is 21.2. The number of rotatable bonds is 7. The first-order chi connectivity index (χ1) is 17.0. The number of likely N-dealkylation sites (tertiary alicyclic amines) is 1. The van der Waals surface area contributed by atoms with Crippen molar-refractivity contribution in [3.05, 3.63) is 42.0 Å². The number of likely N-dealkylation sites (N-methyl/N-ethyl adjacent to an activating group) is 1. The minimum atomic E-state index is 0.0501. The second-order valence-corrected chi connectivity index (χ2v) is 11.0. The fourth-order valence-electron chi connectivity index (χ4n) is 6.86. The number of hydrogen-bond acceptors (Lipinski definition) is 4. The Kier molecular flexibility index (Phi) is 7.47. The van der Waals surface area contributed by atoms with E-state index in [9.17, 15) is 9.59 Å². The Balaban J connectivity index is 1.27. The van der Waals surface area contributed by atoms with Gasteiger partial charge in [-0.1, -0.05) is 24.3 Å². The van der Waals surface area contributed by atoms with Crippen molar-refractivity contribution in [2.75, 3.05) is 40.5 Å². The minimum absolute atomic E-state index is 0.0501. The molecule has 6 nitrogen and oxygen atoms in total. The number of benzene rings is 1. The number of allylic oxidation sites excluding steroid dienone is 2. The molecule has 0 N–H and O–H groups in total. The quantitative estimate of drug-likeness (QED) is 0.555. The maximum atomic E-state index is 13.5. The van der Waals surface area contributed by atoms with Crippen LogP contribution in [0.4, 0.5) is 0 Å². The molecule has 4 aliphatic rings. The van der Waals surface area contributed by atoms with Crippen molar-refractivity contribution in [1.29, 1.82) is 0 Å². The molecule has 2 bridgehead atoms. The van der Waals surface area contributed by atoms with E-state index in [-0.39, 0.29) is 23.8 Å².